The summed E-state index contributed by atoms with van der Waals surface area (Å²) in [6.45, 7) is 4.60. The number of hydrogen-bond donors (Lipinski definition) is 3. The van der Waals surface area contributed by atoms with Crippen molar-refractivity contribution in [2.75, 3.05) is 19.6 Å². The van der Waals surface area contributed by atoms with Gasteiger partial charge >= 0.3 is 0 Å². The van der Waals surface area contributed by atoms with Crippen molar-refractivity contribution in [3.63, 3.8) is 0 Å². The number of nitrogens with one attached hydrogen (secondary N) is 2. The number of nitrogens with two attached hydrogens (primary N) is 1. The second-order valence-corrected chi connectivity index (χ2v) is 8.73. The monoisotopic (exact) mass is 473 g/mol. The molecule has 2 amide bonds. The third kappa shape index (κ3) is 5.51. The van der Waals surface area contributed by atoms with Crippen LogP contribution in [0.2, 0.25) is 0 Å². The fraction of sp³-hybridized carbons (Fsp3) is 0.308. The Morgan fingerprint density at radius 3 is 2.49 bits per heavy atom. The van der Waals surface area contributed by atoms with Gasteiger partial charge in [0.25, 0.3) is 5.91 Å². The van der Waals surface area contributed by atoms with Crippen LogP contribution in [0.15, 0.2) is 53.1 Å². The highest BCUT2D eigenvalue weighted by atomic mass is 16.5. The molecule has 0 radical (unpaired) electrons. The predicted octanol–water partition coefficient (Wildman–Crippen LogP) is 1.83. The van der Waals surface area contributed by atoms with Crippen molar-refractivity contribution >= 4 is 23.2 Å². The molecule has 4 N–H and O–H groups in total. The van der Waals surface area contributed by atoms with Crippen LogP contribution in [0, 0.1) is 5.41 Å². The van der Waals surface area contributed by atoms with E-state index >= 15 is 0 Å². The Hall–Kier alpha value is -4.14. The summed E-state index contributed by atoms with van der Waals surface area (Å²) in [5, 5.41) is 20.8. The fourth-order valence-electron chi connectivity index (χ4n) is 4.19. The third-order valence-corrected chi connectivity index (χ3v) is 6.18. The first-order valence-electron chi connectivity index (χ1n) is 11.6. The van der Waals surface area contributed by atoms with Crippen molar-refractivity contribution in [1.82, 2.24) is 20.4 Å². The summed E-state index contributed by atoms with van der Waals surface area (Å²) < 4.78 is 5.56. The van der Waals surface area contributed by atoms with Crippen LogP contribution in [-0.2, 0) is 4.79 Å². The molecule has 3 aromatic rings. The lowest BCUT2D eigenvalue weighted by Crippen LogP contribution is -2.43. The van der Waals surface area contributed by atoms with Crippen LogP contribution in [0.4, 0.5) is 0 Å². The van der Waals surface area contributed by atoms with Gasteiger partial charge in [-0.15, -0.1) is 0 Å². The number of amides is 2. The van der Waals surface area contributed by atoms with Gasteiger partial charge in [-0.05, 0) is 44.0 Å². The Balaban J connectivity index is 1.34. The zero-order chi connectivity index (χ0) is 24.9. The van der Waals surface area contributed by atoms with Crippen LogP contribution >= 0.6 is 0 Å². The molecular formula is C26H29N6O3+. The first-order valence-corrected chi connectivity index (χ1v) is 11.6. The number of benzene rings is 2. The molecule has 1 fully saturated rings. The molecule has 1 aromatic heterocycles. The molecule has 0 unspecified atom stereocenters. The molecular weight excluding hydrogens is 444 g/mol. The van der Waals surface area contributed by atoms with Crippen LogP contribution in [-0.4, -0.2) is 57.9 Å². The van der Waals surface area contributed by atoms with E-state index in [1.54, 1.807) is 36.1 Å². The van der Waals surface area contributed by atoms with E-state index in [9.17, 15) is 9.59 Å². The number of hydrogen-bond acceptors (Lipinski definition) is 6. The summed E-state index contributed by atoms with van der Waals surface area (Å²) in [7, 11) is 0. The van der Waals surface area contributed by atoms with Crippen molar-refractivity contribution in [3.8, 4) is 11.4 Å². The highest BCUT2D eigenvalue weighted by Gasteiger charge is 2.28. The Bertz CT molecular complexity index is 1260. The summed E-state index contributed by atoms with van der Waals surface area (Å²) in [6, 6.07) is 14.4. The molecule has 2 heterocycles. The lowest BCUT2D eigenvalue weighted by atomic mass is 9.96. The number of rotatable bonds is 7. The van der Waals surface area contributed by atoms with Gasteiger partial charge in [0.1, 0.15) is 0 Å². The van der Waals surface area contributed by atoms with Crippen molar-refractivity contribution in [1.29, 1.82) is 5.41 Å². The maximum Gasteiger partial charge on any atom is 0.251 e. The molecule has 0 aliphatic carbocycles. The molecule has 1 saturated heterocycles. The summed E-state index contributed by atoms with van der Waals surface area (Å²) in [5.41, 5.74) is 3.90. The van der Waals surface area contributed by atoms with Crippen LogP contribution in [0.25, 0.3) is 11.4 Å². The lowest BCUT2D eigenvalue weighted by molar-refractivity contribution is -0.131. The van der Waals surface area contributed by atoms with Gasteiger partial charge in [-0.2, -0.15) is 4.98 Å². The van der Waals surface area contributed by atoms with Gasteiger partial charge in [0, 0.05) is 53.9 Å². The number of nitrogens with zero attached hydrogens (tertiary/aromatic N) is 3. The van der Waals surface area contributed by atoms with Crippen LogP contribution in [0.5, 0.6) is 0 Å². The topological polar surface area (TPSA) is 138 Å². The lowest BCUT2D eigenvalue weighted by Gasteiger charge is -2.30. The first kappa shape index (κ1) is 24.0. The molecule has 1 aliphatic rings. The highest BCUT2D eigenvalue weighted by molar-refractivity contribution is 6.08. The molecule has 2 aromatic carbocycles. The molecule has 9 nitrogen and oxygen atoms in total. The van der Waals surface area contributed by atoms with E-state index in [4.69, 9.17) is 15.3 Å². The van der Waals surface area contributed by atoms with Crippen LogP contribution in [0.3, 0.4) is 0 Å². The van der Waals surface area contributed by atoms with Gasteiger partial charge < -0.3 is 20.1 Å². The van der Waals surface area contributed by atoms with Gasteiger partial charge in [0.2, 0.25) is 17.6 Å². The summed E-state index contributed by atoms with van der Waals surface area (Å²) in [4.78, 5) is 31.1. The maximum atomic E-state index is 12.6. The van der Waals surface area contributed by atoms with Crippen molar-refractivity contribution in [2.45, 2.75) is 32.6 Å². The summed E-state index contributed by atoms with van der Waals surface area (Å²) in [5.74, 6) is 0.692. The molecule has 180 valence electrons. The second-order valence-electron chi connectivity index (χ2n) is 8.73. The van der Waals surface area contributed by atoms with Crippen molar-refractivity contribution in [3.05, 3.63) is 71.1 Å². The first-order chi connectivity index (χ1) is 16.8. The van der Waals surface area contributed by atoms with Gasteiger partial charge in [-0.3, -0.25) is 15.0 Å². The van der Waals surface area contributed by atoms with Crippen LogP contribution in [0.1, 0.15) is 60.0 Å². The molecule has 4 rings (SSSR count). The number of aromatic nitrogens is 2. The molecule has 0 bridgehead atoms. The predicted molar refractivity (Wildman–Crippen MR) is 131 cm³/mol. The molecule has 9 heteroatoms. The minimum Gasteiger partial charge on any atom is -0.343 e. The standard InChI is InChI=1S/C26H28N6O3/c1-16(27)21-9-8-20(14-22(21)17(2)28)24-30-26(35-31-24)19-10-12-32(13-11-19)23(33)15-29-25(34)18-6-4-3-5-7-18/h3-9,14,19,27-28H,10-13,15H2,1-2H3,(H,29,34)/p+1. The van der Waals surface area contributed by atoms with Gasteiger partial charge in [0.05, 0.1) is 6.54 Å². The summed E-state index contributed by atoms with van der Waals surface area (Å²) >= 11 is 0. The molecule has 0 spiro atoms. The Labute approximate surface area is 203 Å². The quantitative estimate of drug-likeness (QED) is 0.450. The molecule has 35 heavy (non-hydrogen) atoms. The van der Waals surface area contributed by atoms with Gasteiger partial charge in [-0.25, -0.2) is 0 Å². The van der Waals surface area contributed by atoms with E-state index in [1.165, 1.54) is 0 Å². The minimum absolute atomic E-state index is 0.0342. The summed E-state index contributed by atoms with van der Waals surface area (Å²) in [6.07, 6.45) is 1.40. The minimum atomic E-state index is -0.263. The maximum absolute atomic E-state index is 12.6. The molecule has 1 aliphatic heterocycles. The van der Waals surface area contributed by atoms with Crippen molar-refractivity contribution < 1.29 is 19.5 Å². The fourth-order valence-corrected chi connectivity index (χ4v) is 4.19. The SMILES string of the molecule is CC(=N)c1cc(-c2noc(C3CCN(C(=O)CNC(=O)c4ccccc4)CC3)n2)ccc1C(C)=[NH2+]. The Morgan fingerprint density at radius 2 is 1.83 bits per heavy atom. The van der Waals surface area contributed by atoms with E-state index in [0.29, 0.717) is 54.6 Å². The Morgan fingerprint density at radius 1 is 1.11 bits per heavy atom. The normalized spacial score (nSPS) is 13.9. The number of carbonyl (C=O) groups excluding carboxylic acids is 2. The highest BCUT2D eigenvalue weighted by Crippen LogP contribution is 2.29. The second kappa shape index (κ2) is 10.4. The average Bonchev–Trinajstić information content (AvgIpc) is 3.37. The van der Waals surface area contributed by atoms with E-state index < -0.39 is 0 Å². The Kier molecular flexibility index (Phi) is 7.14. The zero-order valence-corrected chi connectivity index (χ0v) is 19.9. The zero-order valence-electron chi connectivity index (χ0n) is 19.9. The van der Waals surface area contributed by atoms with Gasteiger partial charge in [-0.1, -0.05) is 29.4 Å². The van der Waals surface area contributed by atoms with E-state index in [2.05, 4.69) is 15.5 Å². The molecule has 0 saturated carbocycles. The number of likely N-dealkylation sites (tertiary alicyclic amines) is 1. The number of carbonyl (C=O) groups is 2. The largest absolute Gasteiger partial charge is 0.343 e. The van der Waals surface area contributed by atoms with E-state index in [-0.39, 0.29) is 24.3 Å². The van der Waals surface area contributed by atoms with Crippen LogP contribution < -0.4 is 10.7 Å². The van der Waals surface area contributed by atoms with E-state index in [0.717, 1.165) is 16.7 Å². The third-order valence-electron chi connectivity index (χ3n) is 6.18. The van der Waals surface area contributed by atoms with Gasteiger partial charge in [0.15, 0.2) is 5.71 Å². The van der Waals surface area contributed by atoms with E-state index in [1.807, 2.05) is 31.2 Å². The van der Waals surface area contributed by atoms with Crippen molar-refractivity contribution in [2.24, 2.45) is 0 Å². The smallest absolute Gasteiger partial charge is 0.251 e. The number of piperidine rings is 1. The average molecular weight is 474 g/mol. The molecule has 0 atom stereocenters.